The maximum absolute atomic E-state index is 13.0. The first-order chi connectivity index (χ1) is 17.3. The number of aliphatic hydroxyl groups is 1. The first-order valence-electron chi connectivity index (χ1n) is 11.8. The summed E-state index contributed by atoms with van der Waals surface area (Å²) in [5.41, 5.74) is 1.34. The highest BCUT2D eigenvalue weighted by Crippen LogP contribution is 2.36. The lowest BCUT2D eigenvalue weighted by molar-refractivity contribution is -0.384. The Morgan fingerprint density at radius 2 is 1.92 bits per heavy atom. The van der Waals surface area contributed by atoms with Gasteiger partial charge in [-0.05, 0) is 68.5 Å². The number of anilines is 1. The number of carbonyl (C=O) groups excluding carboxylic acids is 2. The average molecular weight is 491 g/mol. The van der Waals surface area contributed by atoms with Crippen molar-refractivity contribution in [3.8, 4) is 17.4 Å². The van der Waals surface area contributed by atoms with Crippen molar-refractivity contribution in [3.05, 3.63) is 62.9 Å². The number of aliphatic hydroxyl groups excluding tert-OH is 1. The highest BCUT2D eigenvalue weighted by molar-refractivity contribution is 6.19. The molecule has 1 aromatic heterocycles. The second-order valence-electron chi connectivity index (χ2n) is 8.72. The molecule has 2 aliphatic heterocycles. The van der Waals surface area contributed by atoms with Gasteiger partial charge in [-0.25, -0.2) is 0 Å². The van der Waals surface area contributed by atoms with Crippen LogP contribution in [0.5, 0.6) is 0 Å². The molecular formula is C26H26N4O6. The van der Waals surface area contributed by atoms with E-state index in [4.69, 9.17) is 9.52 Å². The molecule has 10 heteroatoms. The van der Waals surface area contributed by atoms with Crippen LogP contribution in [0.3, 0.4) is 0 Å². The van der Waals surface area contributed by atoms with E-state index in [0.29, 0.717) is 22.8 Å². The lowest BCUT2D eigenvalue weighted by Crippen LogP contribution is -2.43. The lowest BCUT2D eigenvalue weighted by atomic mass is 9.94. The van der Waals surface area contributed by atoms with Crippen LogP contribution in [0.1, 0.15) is 38.4 Å². The second kappa shape index (κ2) is 10.6. The molecule has 1 N–H and O–H groups in total. The maximum atomic E-state index is 13.0. The van der Waals surface area contributed by atoms with E-state index in [-0.39, 0.29) is 42.0 Å². The zero-order valence-corrected chi connectivity index (χ0v) is 19.9. The Morgan fingerprint density at radius 1 is 1.17 bits per heavy atom. The average Bonchev–Trinajstić information content (AvgIpc) is 3.36. The Labute approximate surface area is 207 Å². The molecule has 1 saturated heterocycles. The van der Waals surface area contributed by atoms with Crippen LogP contribution < -0.4 is 4.90 Å². The fourth-order valence-corrected chi connectivity index (χ4v) is 4.51. The topological polar surface area (TPSA) is 141 Å². The third kappa shape index (κ3) is 4.78. The van der Waals surface area contributed by atoms with Gasteiger partial charge in [-0.15, -0.1) is 0 Å². The number of nitrogens with zero attached hydrogens (tertiary/aromatic N) is 4. The molecule has 0 unspecified atom stereocenters. The van der Waals surface area contributed by atoms with E-state index in [0.717, 1.165) is 37.3 Å². The summed E-state index contributed by atoms with van der Waals surface area (Å²) < 4.78 is 5.89. The predicted molar refractivity (Wildman–Crippen MR) is 132 cm³/mol. The minimum Gasteiger partial charge on any atom is -0.457 e. The van der Waals surface area contributed by atoms with Gasteiger partial charge in [0.05, 0.1) is 4.92 Å². The molecule has 36 heavy (non-hydrogen) atoms. The Balaban J connectivity index is 1.67. The molecule has 186 valence electrons. The molecule has 0 saturated carbocycles. The number of nitro groups is 1. The summed E-state index contributed by atoms with van der Waals surface area (Å²) in [5, 5.41) is 30.4. The molecule has 0 spiro atoms. The number of imide groups is 1. The number of hydrogen-bond donors (Lipinski definition) is 1. The van der Waals surface area contributed by atoms with Crippen LogP contribution in [0.15, 0.2) is 51.5 Å². The molecule has 2 aliphatic rings. The number of piperidine rings is 1. The SMILES string of the molecule is CC1=C(C#N)C(=O)N(CCCO)C(=O)/C1=C/c1ccc(-c2ccc(N3CCCCC3)c([N+](=O)[O-])c2)o1. The largest absolute Gasteiger partial charge is 0.457 e. The number of benzene rings is 1. The second-order valence-corrected chi connectivity index (χ2v) is 8.72. The van der Waals surface area contributed by atoms with Gasteiger partial charge in [0.2, 0.25) is 0 Å². The minimum absolute atomic E-state index is 0.00337. The summed E-state index contributed by atoms with van der Waals surface area (Å²) in [5.74, 6) is -0.589. The molecule has 0 radical (unpaired) electrons. The Morgan fingerprint density at radius 3 is 2.58 bits per heavy atom. The van der Waals surface area contributed by atoms with Crippen molar-refractivity contribution in [1.29, 1.82) is 5.26 Å². The third-order valence-corrected chi connectivity index (χ3v) is 6.43. The minimum atomic E-state index is -0.688. The van der Waals surface area contributed by atoms with E-state index in [1.807, 2.05) is 11.0 Å². The van der Waals surface area contributed by atoms with Crippen molar-refractivity contribution in [2.75, 3.05) is 31.1 Å². The van der Waals surface area contributed by atoms with E-state index in [9.17, 15) is 25.0 Å². The lowest BCUT2D eigenvalue weighted by Gasteiger charge is -2.28. The fraction of sp³-hybridized carbons (Fsp3) is 0.346. The van der Waals surface area contributed by atoms with Crippen molar-refractivity contribution in [1.82, 2.24) is 4.90 Å². The molecule has 2 amide bonds. The van der Waals surface area contributed by atoms with Crippen LogP contribution in [0.25, 0.3) is 17.4 Å². The Kier molecular flexibility index (Phi) is 7.31. The van der Waals surface area contributed by atoms with Crippen LogP contribution >= 0.6 is 0 Å². The summed E-state index contributed by atoms with van der Waals surface area (Å²) >= 11 is 0. The molecular weight excluding hydrogens is 464 g/mol. The molecule has 0 aliphatic carbocycles. The zero-order valence-electron chi connectivity index (χ0n) is 19.9. The molecule has 10 nitrogen and oxygen atoms in total. The summed E-state index contributed by atoms with van der Waals surface area (Å²) in [6, 6.07) is 10.1. The van der Waals surface area contributed by atoms with Crippen LogP contribution in [-0.2, 0) is 9.59 Å². The van der Waals surface area contributed by atoms with Gasteiger partial charge in [0.15, 0.2) is 0 Å². The van der Waals surface area contributed by atoms with Crippen molar-refractivity contribution in [2.24, 2.45) is 0 Å². The standard InChI is InChI=1S/C26H26N4O6/c1-17-20(25(32)29(12-5-13-31)26(33)21(17)16-27)15-19-7-9-24(36-19)18-6-8-22(23(14-18)30(34)35)28-10-3-2-4-11-28/h6-9,14-15,31H,2-5,10-13H2,1H3/b20-15+. The maximum Gasteiger partial charge on any atom is 0.293 e. The first kappa shape index (κ1) is 24.9. The predicted octanol–water partition coefficient (Wildman–Crippen LogP) is 3.82. The molecule has 4 rings (SSSR count). The molecule has 0 atom stereocenters. The quantitative estimate of drug-likeness (QED) is 0.267. The van der Waals surface area contributed by atoms with Gasteiger partial charge in [-0.1, -0.05) is 0 Å². The van der Waals surface area contributed by atoms with Gasteiger partial charge < -0.3 is 14.4 Å². The van der Waals surface area contributed by atoms with E-state index in [1.165, 1.54) is 19.1 Å². The smallest absolute Gasteiger partial charge is 0.293 e. The van der Waals surface area contributed by atoms with E-state index >= 15 is 0 Å². The third-order valence-electron chi connectivity index (χ3n) is 6.43. The van der Waals surface area contributed by atoms with E-state index < -0.39 is 16.7 Å². The number of amides is 2. The van der Waals surface area contributed by atoms with Gasteiger partial charge >= 0.3 is 0 Å². The van der Waals surface area contributed by atoms with Crippen molar-refractivity contribution >= 4 is 29.3 Å². The molecule has 3 heterocycles. The van der Waals surface area contributed by atoms with Gasteiger partial charge in [0.1, 0.15) is 28.9 Å². The van der Waals surface area contributed by atoms with E-state index in [1.54, 1.807) is 24.3 Å². The van der Waals surface area contributed by atoms with Gasteiger partial charge in [0.25, 0.3) is 17.5 Å². The van der Waals surface area contributed by atoms with Crippen LogP contribution in [-0.4, -0.2) is 53.0 Å². The highest BCUT2D eigenvalue weighted by Gasteiger charge is 2.35. The number of furan rings is 1. The summed E-state index contributed by atoms with van der Waals surface area (Å²) in [6.07, 6.45) is 4.76. The Bertz CT molecular complexity index is 1310. The number of nitriles is 1. The van der Waals surface area contributed by atoms with Crippen LogP contribution in [0, 0.1) is 21.4 Å². The normalized spacial score (nSPS) is 17.6. The van der Waals surface area contributed by atoms with Crippen molar-refractivity contribution < 1.29 is 24.0 Å². The molecule has 0 bridgehead atoms. The molecule has 2 aromatic rings. The number of nitro benzene ring substituents is 1. The van der Waals surface area contributed by atoms with Gasteiger partial charge in [0, 0.05) is 43.4 Å². The number of rotatable bonds is 7. The Hall–Kier alpha value is -4.23. The monoisotopic (exact) mass is 490 g/mol. The molecule has 1 fully saturated rings. The fourth-order valence-electron chi connectivity index (χ4n) is 4.51. The van der Waals surface area contributed by atoms with Crippen LogP contribution in [0.4, 0.5) is 11.4 Å². The summed E-state index contributed by atoms with van der Waals surface area (Å²) in [7, 11) is 0. The first-order valence-corrected chi connectivity index (χ1v) is 11.8. The highest BCUT2D eigenvalue weighted by atomic mass is 16.6. The number of carbonyl (C=O) groups is 2. The van der Waals surface area contributed by atoms with E-state index in [2.05, 4.69) is 0 Å². The van der Waals surface area contributed by atoms with Crippen molar-refractivity contribution in [3.63, 3.8) is 0 Å². The van der Waals surface area contributed by atoms with Gasteiger partial charge in [-0.3, -0.25) is 24.6 Å². The zero-order chi connectivity index (χ0) is 25.8. The summed E-state index contributed by atoms with van der Waals surface area (Å²) in [4.78, 5) is 39.9. The summed E-state index contributed by atoms with van der Waals surface area (Å²) in [6.45, 7) is 2.87. The van der Waals surface area contributed by atoms with Crippen LogP contribution in [0.2, 0.25) is 0 Å². The molecule has 1 aromatic carbocycles. The van der Waals surface area contributed by atoms with Crippen molar-refractivity contribution in [2.45, 2.75) is 32.6 Å². The van der Waals surface area contributed by atoms with Gasteiger partial charge in [-0.2, -0.15) is 5.26 Å². The number of hydrogen-bond acceptors (Lipinski definition) is 8.